The molecule has 29 heavy (non-hydrogen) atoms. The minimum atomic E-state index is -0.354. The van der Waals surface area contributed by atoms with Gasteiger partial charge in [0.1, 0.15) is 5.25 Å². The fourth-order valence-corrected chi connectivity index (χ4v) is 4.61. The quantitative estimate of drug-likeness (QED) is 0.439. The number of benzene rings is 1. The van der Waals surface area contributed by atoms with Crippen molar-refractivity contribution in [2.75, 3.05) is 13.1 Å². The van der Waals surface area contributed by atoms with Gasteiger partial charge < -0.3 is 4.90 Å². The molecule has 0 N–H and O–H groups in total. The number of pyridine rings is 1. The van der Waals surface area contributed by atoms with Crippen molar-refractivity contribution >= 4 is 17.7 Å². The Balaban J connectivity index is 1.69. The maximum atomic E-state index is 13.3. The molecule has 2 aromatic heterocycles. The van der Waals surface area contributed by atoms with Crippen molar-refractivity contribution in [3.05, 3.63) is 73.1 Å². The zero-order valence-corrected chi connectivity index (χ0v) is 17.0. The Morgan fingerprint density at radius 2 is 1.83 bits per heavy atom. The first kappa shape index (κ1) is 19.4. The average Bonchev–Trinajstić information content (AvgIpc) is 3.44. The zero-order chi connectivity index (χ0) is 20.1. The number of allylic oxidation sites excluding steroid dienone is 1. The van der Waals surface area contributed by atoms with Gasteiger partial charge in [-0.3, -0.25) is 14.3 Å². The molecule has 0 unspecified atom stereocenters. The van der Waals surface area contributed by atoms with Gasteiger partial charge in [0.2, 0.25) is 5.91 Å². The van der Waals surface area contributed by atoms with Gasteiger partial charge in [-0.1, -0.05) is 48.2 Å². The third kappa shape index (κ3) is 4.24. The molecule has 7 heteroatoms. The monoisotopic (exact) mass is 405 g/mol. The van der Waals surface area contributed by atoms with Gasteiger partial charge in [0, 0.05) is 37.6 Å². The molecule has 4 rings (SSSR count). The molecule has 0 saturated carbocycles. The van der Waals surface area contributed by atoms with Crippen LogP contribution in [-0.4, -0.2) is 43.6 Å². The van der Waals surface area contributed by atoms with Gasteiger partial charge in [-0.05, 0) is 30.5 Å². The van der Waals surface area contributed by atoms with Crippen molar-refractivity contribution < 1.29 is 4.79 Å². The predicted molar refractivity (Wildman–Crippen MR) is 114 cm³/mol. The molecular weight excluding hydrogens is 382 g/mol. The Morgan fingerprint density at radius 3 is 2.52 bits per heavy atom. The number of hydrogen-bond acceptors (Lipinski definition) is 5. The summed E-state index contributed by atoms with van der Waals surface area (Å²) in [7, 11) is 0. The summed E-state index contributed by atoms with van der Waals surface area (Å²) in [5, 5.41) is 9.17. The molecule has 1 fully saturated rings. The van der Waals surface area contributed by atoms with E-state index < -0.39 is 0 Å². The molecule has 1 aliphatic heterocycles. The standard InChI is InChI=1S/C22H23N5OS/c1-2-14-27-20(18-10-12-23-13-11-18)24-25-22(27)29-19(17-8-4-3-5-9-17)21(28)26-15-6-7-16-26/h2-5,8-13,19H,1,6-7,14-16H2/t19-/m1/s1. The molecule has 3 heterocycles. The maximum Gasteiger partial charge on any atom is 0.240 e. The maximum absolute atomic E-state index is 13.3. The van der Waals surface area contributed by atoms with Crippen molar-refractivity contribution in [2.24, 2.45) is 0 Å². The first-order valence-corrected chi connectivity index (χ1v) is 10.6. The Hall–Kier alpha value is -2.93. The molecule has 0 radical (unpaired) electrons. The van der Waals surface area contributed by atoms with Gasteiger partial charge in [-0.25, -0.2) is 0 Å². The summed E-state index contributed by atoms with van der Waals surface area (Å²) in [5.74, 6) is 0.882. The lowest BCUT2D eigenvalue weighted by Gasteiger charge is -2.23. The minimum Gasteiger partial charge on any atom is -0.341 e. The highest BCUT2D eigenvalue weighted by Crippen LogP contribution is 2.37. The highest BCUT2D eigenvalue weighted by Gasteiger charge is 2.30. The lowest BCUT2D eigenvalue weighted by atomic mass is 10.1. The van der Waals surface area contributed by atoms with Crippen molar-refractivity contribution in [1.29, 1.82) is 0 Å². The number of nitrogens with zero attached hydrogens (tertiary/aromatic N) is 5. The number of carbonyl (C=O) groups is 1. The fourth-order valence-electron chi connectivity index (χ4n) is 3.48. The molecular formula is C22H23N5OS. The van der Waals surface area contributed by atoms with Gasteiger partial charge in [-0.2, -0.15) is 0 Å². The third-order valence-corrected chi connectivity index (χ3v) is 6.16. The molecule has 6 nitrogen and oxygen atoms in total. The first-order chi connectivity index (χ1) is 14.3. The summed E-state index contributed by atoms with van der Waals surface area (Å²) in [6, 6.07) is 13.7. The second-order valence-electron chi connectivity index (χ2n) is 6.88. The van der Waals surface area contributed by atoms with Gasteiger partial charge in [0.05, 0.1) is 0 Å². The topological polar surface area (TPSA) is 63.9 Å². The second kappa shape index (κ2) is 9.05. The molecule has 1 aromatic carbocycles. The predicted octanol–water partition coefficient (Wildman–Crippen LogP) is 3.98. The summed E-state index contributed by atoms with van der Waals surface area (Å²) in [6.45, 7) is 6.08. The van der Waals surface area contributed by atoms with Crippen LogP contribution in [0.5, 0.6) is 0 Å². The van der Waals surface area contributed by atoms with Gasteiger partial charge in [0.15, 0.2) is 11.0 Å². The van der Waals surface area contributed by atoms with E-state index in [9.17, 15) is 4.79 Å². The van der Waals surface area contributed by atoms with Crippen LogP contribution >= 0.6 is 11.8 Å². The number of thioether (sulfide) groups is 1. The molecule has 0 spiro atoms. The normalized spacial score (nSPS) is 14.7. The summed E-state index contributed by atoms with van der Waals surface area (Å²) in [4.78, 5) is 19.4. The van der Waals surface area contributed by atoms with Crippen molar-refractivity contribution in [3.8, 4) is 11.4 Å². The minimum absolute atomic E-state index is 0.136. The molecule has 1 aliphatic rings. The average molecular weight is 406 g/mol. The van der Waals surface area contributed by atoms with E-state index in [1.54, 1.807) is 12.4 Å². The molecule has 3 aromatic rings. The van der Waals surface area contributed by atoms with Crippen LogP contribution in [0, 0.1) is 0 Å². The molecule has 1 atom stereocenters. The van der Waals surface area contributed by atoms with Gasteiger partial charge in [0.25, 0.3) is 0 Å². The van der Waals surface area contributed by atoms with Crippen molar-refractivity contribution in [3.63, 3.8) is 0 Å². The number of likely N-dealkylation sites (tertiary alicyclic amines) is 1. The molecule has 0 aliphatic carbocycles. The zero-order valence-electron chi connectivity index (χ0n) is 16.1. The number of rotatable bonds is 7. The van der Waals surface area contributed by atoms with Crippen LogP contribution in [0.1, 0.15) is 23.7 Å². The Labute approximate surface area is 174 Å². The lowest BCUT2D eigenvalue weighted by Crippen LogP contribution is -2.31. The van der Waals surface area contributed by atoms with E-state index in [1.165, 1.54) is 11.8 Å². The van der Waals surface area contributed by atoms with Crippen molar-refractivity contribution in [2.45, 2.75) is 29.8 Å². The summed E-state index contributed by atoms with van der Waals surface area (Å²) >= 11 is 1.45. The van der Waals surface area contributed by atoms with E-state index in [1.807, 2.05) is 58.0 Å². The van der Waals surface area contributed by atoms with Gasteiger partial charge >= 0.3 is 0 Å². The van der Waals surface area contributed by atoms with Crippen LogP contribution in [0.4, 0.5) is 0 Å². The highest BCUT2D eigenvalue weighted by molar-refractivity contribution is 8.00. The lowest BCUT2D eigenvalue weighted by molar-refractivity contribution is -0.129. The highest BCUT2D eigenvalue weighted by atomic mass is 32.2. The summed E-state index contributed by atoms with van der Waals surface area (Å²) < 4.78 is 2.00. The molecule has 0 bridgehead atoms. The van der Waals surface area contributed by atoms with Crippen LogP contribution in [0.3, 0.4) is 0 Å². The number of carbonyl (C=O) groups excluding carboxylic acids is 1. The smallest absolute Gasteiger partial charge is 0.240 e. The summed E-state index contributed by atoms with van der Waals surface area (Å²) in [6.07, 6.45) is 7.42. The molecule has 148 valence electrons. The van der Waals surface area contributed by atoms with E-state index in [4.69, 9.17) is 0 Å². The fraction of sp³-hybridized carbons (Fsp3) is 0.273. The van der Waals surface area contributed by atoms with Crippen LogP contribution in [-0.2, 0) is 11.3 Å². The first-order valence-electron chi connectivity index (χ1n) is 9.73. The molecule has 1 amide bonds. The van der Waals surface area contributed by atoms with E-state index in [2.05, 4.69) is 21.8 Å². The van der Waals surface area contributed by atoms with Crippen LogP contribution in [0.2, 0.25) is 0 Å². The Bertz CT molecular complexity index is 967. The number of aromatic nitrogens is 4. The SMILES string of the molecule is C=CCn1c(S[C@@H](C(=O)N2CCCC2)c2ccccc2)nnc1-c1ccncc1. The molecule has 1 saturated heterocycles. The third-order valence-electron chi connectivity index (χ3n) is 4.93. The van der Waals surface area contributed by atoms with Crippen molar-refractivity contribution in [1.82, 2.24) is 24.6 Å². The summed E-state index contributed by atoms with van der Waals surface area (Å²) in [5.41, 5.74) is 1.91. The number of amides is 1. The van der Waals surface area contributed by atoms with Crippen LogP contribution in [0.15, 0.2) is 72.7 Å². The van der Waals surface area contributed by atoms with Crippen LogP contribution < -0.4 is 0 Å². The van der Waals surface area contributed by atoms with E-state index >= 15 is 0 Å². The van der Waals surface area contributed by atoms with E-state index in [0.717, 1.165) is 42.9 Å². The van der Waals surface area contributed by atoms with E-state index in [-0.39, 0.29) is 11.2 Å². The van der Waals surface area contributed by atoms with Crippen LogP contribution in [0.25, 0.3) is 11.4 Å². The van der Waals surface area contributed by atoms with E-state index in [0.29, 0.717) is 11.7 Å². The largest absolute Gasteiger partial charge is 0.341 e. The second-order valence-corrected chi connectivity index (χ2v) is 7.95. The Morgan fingerprint density at radius 1 is 1.10 bits per heavy atom. The number of hydrogen-bond donors (Lipinski definition) is 0. The Kier molecular flexibility index (Phi) is 6.05. The van der Waals surface area contributed by atoms with Gasteiger partial charge in [-0.15, -0.1) is 16.8 Å².